The van der Waals surface area contributed by atoms with Gasteiger partial charge in [-0.25, -0.2) is 0 Å². The number of ether oxygens (including phenoxy) is 1. The number of carbonyl (C=O) groups excluding carboxylic acids is 3. The van der Waals surface area contributed by atoms with Gasteiger partial charge in [0.25, 0.3) is 11.8 Å². The van der Waals surface area contributed by atoms with Crippen molar-refractivity contribution in [2.75, 3.05) is 13.1 Å². The van der Waals surface area contributed by atoms with E-state index < -0.39 is 11.7 Å². The van der Waals surface area contributed by atoms with Crippen LogP contribution in [0.25, 0.3) is 0 Å². The third-order valence-corrected chi connectivity index (χ3v) is 5.50. The van der Waals surface area contributed by atoms with Crippen LogP contribution in [0.1, 0.15) is 55.8 Å². The third-order valence-electron chi connectivity index (χ3n) is 5.21. The minimum Gasteiger partial charge on any atom is -0.489 e. The third kappa shape index (κ3) is 5.01. The van der Waals surface area contributed by atoms with Gasteiger partial charge in [0.1, 0.15) is 11.9 Å². The van der Waals surface area contributed by atoms with Crippen LogP contribution in [0.4, 0.5) is 0 Å². The molecule has 2 fully saturated rings. The van der Waals surface area contributed by atoms with Crippen LogP contribution in [-0.4, -0.2) is 47.7 Å². The molecule has 0 atom stereocenters. The Labute approximate surface area is 164 Å². The molecule has 1 N–H and O–H groups in total. The number of nitrogens with one attached hydrogen (secondary N) is 1. The molecular weight excluding hydrogens is 368 g/mol. The van der Waals surface area contributed by atoms with Gasteiger partial charge < -0.3 is 15.0 Å². The number of hydrogen-bond acceptors (Lipinski definition) is 4. The van der Waals surface area contributed by atoms with E-state index in [0.29, 0.717) is 42.3 Å². The highest BCUT2D eigenvalue weighted by atomic mass is 35.5. The Kier molecular flexibility index (Phi) is 6.37. The summed E-state index contributed by atoms with van der Waals surface area (Å²) in [6.07, 6.45) is 5.59. The molecule has 3 rings (SSSR count). The minimum atomic E-state index is -0.441. The molecule has 0 bridgehead atoms. The maximum atomic E-state index is 12.3. The fraction of sp³-hybridized carbons (Fsp3) is 0.550. The van der Waals surface area contributed by atoms with E-state index in [2.05, 4.69) is 5.32 Å². The Morgan fingerprint density at radius 1 is 1.11 bits per heavy atom. The Bertz CT molecular complexity index is 723. The maximum absolute atomic E-state index is 12.3. The Morgan fingerprint density at radius 2 is 1.78 bits per heavy atom. The van der Waals surface area contributed by atoms with Crippen LogP contribution in [0, 0.1) is 0 Å². The summed E-state index contributed by atoms with van der Waals surface area (Å²) in [7, 11) is 0. The summed E-state index contributed by atoms with van der Waals surface area (Å²) in [6.45, 7) is 2.26. The zero-order chi connectivity index (χ0) is 19.4. The molecule has 27 heavy (non-hydrogen) atoms. The molecule has 0 unspecified atom stereocenters. The number of piperidine rings is 1. The van der Waals surface area contributed by atoms with E-state index >= 15 is 0 Å². The van der Waals surface area contributed by atoms with Crippen molar-refractivity contribution in [3.8, 4) is 5.75 Å². The van der Waals surface area contributed by atoms with Gasteiger partial charge in [0, 0.05) is 44.5 Å². The van der Waals surface area contributed by atoms with E-state index in [1.54, 1.807) is 23.1 Å². The predicted molar refractivity (Wildman–Crippen MR) is 102 cm³/mol. The topological polar surface area (TPSA) is 75.7 Å². The maximum Gasteiger partial charge on any atom is 0.289 e. The molecule has 1 heterocycles. The summed E-state index contributed by atoms with van der Waals surface area (Å²) < 4.78 is 5.96. The van der Waals surface area contributed by atoms with Crippen LogP contribution in [0.2, 0.25) is 5.02 Å². The first-order valence-corrected chi connectivity index (χ1v) is 9.88. The predicted octanol–water partition coefficient (Wildman–Crippen LogP) is 2.97. The molecule has 1 aliphatic carbocycles. The SMILES string of the molecule is CC(=O)C(=O)N1CCC(Oc2ccc(C(=O)NC3CCCC3)cc2Cl)CC1. The molecular formula is C20H25ClN2O4. The second-order valence-electron chi connectivity index (χ2n) is 7.27. The number of nitrogens with zero attached hydrogens (tertiary/aromatic N) is 1. The highest BCUT2D eigenvalue weighted by molar-refractivity contribution is 6.35. The lowest BCUT2D eigenvalue weighted by atomic mass is 10.1. The highest BCUT2D eigenvalue weighted by Gasteiger charge is 2.26. The number of Topliss-reactive ketones (excluding diaryl/α,β-unsaturated/α-hetero) is 1. The van der Waals surface area contributed by atoms with Crippen molar-refractivity contribution >= 4 is 29.2 Å². The number of halogens is 1. The van der Waals surface area contributed by atoms with E-state index in [0.717, 1.165) is 25.7 Å². The van der Waals surface area contributed by atoms with Gasteiger partial charge in [-0.15, -0.1) is 0 Å². The average Bonchev–Trinajstić information content (AvgIpc) is 3.16. The molecule has 0 radical (unpaired) electrons. The normalized spacial score (nSPS) is 18.4. The number of benzene rings is 1. The quantitative estimate of drug-likeness (QED) is 0.781. The number of rotatable bonds is 5. The number of likely N-dealkylation sites (tertiary alicyclic amines) is 1. The van der Waals surface area contributed by atoms with Crippen molar-refractivity contribution in [3.63, 3.8) is 0 Å². The van der Waals surface area contributed by atoms with Gasteiger partial charge >= 0.3 is 0 Å². The highest BCUT2D eigenvalue weighted by Crippen LogP contribution is 2.29. The first-order valence-electron chi connectivity index (χ1n) is 9.51. The van der Waals surface area contributed by atoms with E-state index in [-0.39, 0.29) is 18.1 Å². The first-order chi connectivity index (χ1) is 12.9. The van der Waals surface area contributed by atoms with Gasteiger partial charge in [0.15, 0.2) is 0 Å². The Morgan fingerprint density at radius 3 is 2.37 bits per heavy atom. The van der Waals surface area contributed by atoms with Crippen molar-refractivity contribution in [3.05, 3.63) is 28.8 Å². The van der Waals surface area contributed by atoms with Crippen LogP contribution in [0.5, 0.6) is 5.75 Å². The Hall–Kier alpha value is -2.08. The van der Waals surface area contributed by atoms with E-state index in [9.17, 15) is 14.4 Å². The fourth-order valence-electron chi connectivity index (χ4n) is 3.66. The summed E-state index contributed by atoms with van der Waals surface area (Å²) in [5.74, 6) is -0.454. The molecule has 1 aromatic carbocycles. The Balaban J connectivity index is 1.54. The molecule has 2 aliphatic rings. The summed E-state index contributed by atoms with van der Waals surface area (Å²) in [5, 5.41) is 3.44. The van der Waals surface area contributed by atoms with E-state index in [1.807, 2.05) is 0 Å². The zero-order valence-electron chi connectivity index (χ0n) is 15.5. The van der Waals surface area contributed by atoms with Crippen molar-refractivity contribution in [1.82, 2.24) is 10.2 Å². The molecule has 7 heteroatoms. The van der Waals surface area contributed by atoms with Gasteiger partial charge in [-0.05, 0) is 31.0 Å². The largest absolute Gasteiger partial charge is 0.489 e. The summed E-state index contributed by atoms with van der Waals surface area (Å²) in [5.41, 5.74) is 0.529. The van der Waals surface area contributed by atoms with Gasteiger partial charge in [-0.1, -0.05) is 24.4 Å². The zero-order valence-corrected chi connectivity index (χ0v) is 16.3. The second-order valence-corrected chi connectivity index (χ2v) is 7.67. The number of hydrogen-bond donors (Lipinski definition) is 1. The van der Waals surface area contributed by atoms with Gasteiger partial charge in [-0.2, -0.15) is 0 Å². The van der Waals surface area contributed by atoms with Gasteiger partial charge in [0.2, 0.25) is 5.78 Å². The fourth-order valence-corrected chi connectivity index (χ4v) is 3.88. The molecule has 6 nitrogen and oxygen atoms in total. The van der Waals surface area contributed by atoms with Crippen LogP contribution in [0.3, 0.4) is 0 Å². The van der Waals surface area contributed by atoms with Gasteiger partial charge in [-0.3, -0.25) is 14.4 Å². The van der Waals surface area contributed by atoms with Crippen molar-refractivity contribution < 1.29 is 19.1 Å². The lowest BCUT2D eigenvalue weighted by Crippen LogP contribution is -2.44. The second kappa shape index (κ2) is 8.74. The van der Waals surface area contributed by atoms with Crippen LogP contribution in [-0.2, 0) is 9.59 Å². The summed E-state index contributed by atoms with van der Waals surface area (Å²) >= 11 is 6.32. The molecule has 2 amide bonds. The first kappa shape index (κ1) is 19.7. The average molecular weight is 393 g/mol. The lowest BCUT2D eigenvalue weighted by molar-refractivity contribution is -0.144. The standard InChI is InChI=1S/C20H25ClN2O4/c1-13(24)20(26)23-10-8-16(9-11-23)27-18-7-6-14(12-17(18)21)19(25)22-15-4-2-3-5-15/h6-7,12,15-16H,2-5,8-11H2,1H3,(H,22,25). The lowest BCUT2D eigenvalue weighted by Gasteiger charge is -2.31. The van der Waals surface area contributed by atoms with Crippen molar-refractivity contribution in [2.24, 2.45) is 0 Å². The molecule has 146 valence electrons. The molecule has 1 aromatic rings. The number of ketones is 1. The van der Waals surface area contributed by atoms with E-state index in [1.165, 1.54) is 6.92 Å². The van der Waals surface area contributed by atoms with Crippen molar-refractivity contribution in [2.45, 2.75) is 57.6 Å². The van der Waals surface area contributed by atoms with Crippen LogP contribution in [0.15, 0.2) is 18.2 Å². The smallest absolute Gasteiger partial charge is 0.289 e. The van der Waals surface area contributed by atoms with Crippen LogP contribution < -0.4 is 10.1 Å². The number of carbonyl (C=O) groups is 3. The molecule has 0 aromatic heterocycles. The number of amides is 2. The monoisotopic (exact) mass is 392 g/mol. The molecule has 1 aliphatic heterocycles. The summed E-state index contributed by atoms with van der Waals surface area (Å²) in [6, 6.07) is 5.34. The van der Waals surface area contributed by atoms with Gasteiger partial charge in [0.05, 0.1) is 5.02 Å². The molecule has 0 spiro atoms. The van der Waals surface area contributed by atoms with Crippen molar-refractivity contribution in [1.29, 1.82) is 0 Å². The molecule has 1 saturated heterocycles. The van der Waals surface area contributed by atoms with E-state index in [4.69, 9.17) is 16.3 Å². The minimum absolute atomic E-state index is 0.0725. The molecule has 1 saturated carbocycles. The summed E-state index contributed by atoms with van der Waals surface area (Å²) in [4.78, 5) is 36.8. The van der Waals surface area contributed by atoms with Crippen LogP contribution >= 0.6 is 11.6 Å².